The Morgan fingerprint density at radius 1 is 1.03 bits per heavy atom. The number of nitrogens with one attached hydrogen (secondary N) is 2. The highest BCUT2D eigenvalue weighted by molar-refractivity contribution is 6.30. The molecule has 1 heterocycles. The number of carbonyl (C=O) groups is 2. The Kier molecular flexibility index (Phi) is 6.46. The number of ether oxygens (including phenoxy) is 1. The third-order valence-electron chi connectivity index (χ3n) is 8.17. The number of hydrogen-bond donors (Lipinski definition) is 2. The molecule has 1 saturated heterocycles. The van der Waals surface area contributed by atoms with Crippen LogP contribution in [0.4, 0.5) is 0 Å². The largest absolute Gasteiger partial charge is 0.379 e. The predicted molar refractivity (Wildman–Crippen MR) is 124 cm³/mol. The highest BCUT2D eigenvalue weighted by Crippen LogP contribution is 2.61. The van der Waals surface area contributed by atoms with Crippen molar-refractivity contribution >= 4 is 23.4 Å². The third kappa shape index (κ3) is 4.68. The van der Waals surface area contributed by atoms with Gasteiger partial charge in [-0.3, -0.25) is 14.5 Å². The van der Waals surface area contributed by atoms with Crippen LogP contribution in [0.1, 0.15) is 48.9 Å². The third-order valence-corrected chi connectivity index (χ3v) is 8.42. The van der Waals surface area contributed by atoms with Crippen LogP contribution in [0.5, 0.6) is 0 Å². The van der Waals surface area contributed by atoms with Crippen LogP contribution in [0.3, 0.4) is 0 Å². The van der Waals surface area contributed by atoms with E-state index >= 15 is 0 Å². The lowest BCUT2D eigenvalue weighted by Crippen LogP contribution is -2.62. The Morgan fingerprint density at radius 2 is 1.62 bits per heavy atom. The van der Waals surface area contributed by atoms with Gasteiger partial charge in [-0.15, -0.1) is 0 Å². The Labute approximate surface area is 195 Å². The minimum atomic E-state index is -0.483. The SMILES string of the molecule is O=C(N[C@@H](C(=O)NCCN1CCOCC1)C12CC3CC(CC(C3)C1)C2)c1ccc(Cl)cc1. The molecule has 6 rings (SSSR count). The van der Waals surface area contributed by atoms with Gasteiger partial charge in [-0.05, 0) is 80.5 Å². The Morgan fingerprint density at radius 3 is 2.22 bits per heavy atom. The number of carbonyl (C=O) groups excluding carboxylic acids is 2. The molecule has 0 spiro atoms. The number of benzene rings is 1. The van der Waals surface area contributed by atoms with E-state index in [9.17, 15) is 9.59 Å². The van der Waals surface area contributed by atoms with Gasteiger partial charge in [0.2, 0.25) is 5.91 Å². The van der Waals surface area contributed by atoms with E-state index in [2.05, 4.69) is 15.5 Å². The Balaban J connectivity index is 1.31. The molecule has 2 N–H and O–H groups in total. The lowest BCUT2D eigenvalue weighted by molar-refractivity contribution is -0.134. The molecule has 5 aliphatic rings. The molecule has 174 valence electrons. The summed E-state index contributed by atoms with van der Waals surface area (Å²) in [6.45, 7) is 4.72. The summed E-state index contributed by atoms with van der Waals surface area (Å²) in [4.78, 5) is 29.0. The minimum absolute atomic E-state index is 0.0254. The average Bonchev–Trinajstić information content (AvgIpc) is 2.77. The summed E-state index contributed by atoms with van der Waals surface area (Å²) in [6, 6.07) is 6.41. The molecule has 0 radical (unpaired) electrons. The second kappa shape index (κ2) is 9.32. The van der Waals surface area contributed by atoms with Crippen molar-refractivity contribution in [2.75, 3.05) is 39.4 Å². The molecule has 32 heavy (non-hydrogen) atoms. The van der Waals surface area contributed by atoms with Gasteiger partial charge >= 0.3 is 0 Å². The highest BCUT2D eigenvalue weighted by atomic mass is 35.5. The number of nitrogens with zero attached hydrogens (tertiary/aromatic N) is 1. The smallest absolute Gasteiger partial charge is 0.251 e. The molecular formula is C25H34ClN3O3. The van der Waals surface area contributed by atoms with Gasteiger partial charge in [-0.25, -0.2) is 0 Å². The van der Waals surface area contributed by atoms with Crippen molar-refractivity contribution in [2.45, 2.75) is 44.6 Å². The Bertz CT molecular complexity index is 802. The maximum atomic E-state index is 13.5. The molecule has 1 aromatic carbocycles. The van der Waals surface area contributed by atoms with E-state index in [-0.39, 0.29) is 17.2 Å². The maximum Gasteiger partial charge on any atom is 0.251 e. The van der Waals surface area contributed by atoms with Crippen molar-refractivity contribution in [1.29, 1.82) is 0 Å². The van der Waals surface area contributed by atoms with Crippen molar-refractivity contribution in [1.82, 2.24) is 15.5 Å². The summed E-state index contributed by atoms with van der Waals surface area (Å²) in [7, 11) is 0. The number of hydrogen-bond acceptors (Lipinski definition) is 4. The minimum Gasteiger partial charge on any atom is -0.379 e. The average molecular weight is 460 g/mol. The molecule has 4 saturated carbocycles. The monoisotopic (exact) mass is 459 g/mol. The van der Waals surface area contributed by atoms with Gasteiger partial charge in [0.05, 0.1) is 13.2 Å². The molecule has 4 aliphatic carbocycles. The number of morpholine rings is 1. The molecule has 0 aromatic heterocycles. The predicted octanol–water partition coefficient (Wildman–Crippen LogP) is 3.10. The van der Waals surface area contributed by atoms with Crippen LogP contribution in [-0.2, 0) is 9.53 Å². The quantitative estimate of drug-likeness (QED) is 0.657. The topological polar surface area (TPSA) is 70.7 Å². The van der Waals surface area contributed by atoms with E-state index in [1.807, 2.05) is 0 Å². The van der Waals surface area contributed by atoms with E-state index in [1.54, 1.807) is 24.3 Å². The standard InChI is InChI=1S/C25H34ClN3O3/c26-21-3-1-20(2-4-21)23(30)28-22(24(31)27-5-6-29-7-9-32-10-8-29)25-14-17-11-18(15-25)13-19(12-17)16-25/h1-4,17-19,22H,5-16H2,(H,27,31)(H,28,30)/t17?,18?,19?,22-,25?/m0/s1. The molecule has 5 fully saturated rings. The van der Waals surface area contributed by atoms with E-state index in [1.165, 1.54) is 19.3 Å². The first-order valence-corrected chi connectivity index (χ1v) is 12.5. The molecule has 4 bridgehead atoms. The first kappa shape index (κ1) is 22.2. The normalized spacial score (nSPS) is 32.5. The first-order chi connectivity index (χ1) is 15.5. The van der Waals surface area contributed by atoms with E-state index in [4.69, 9.17) is 16.3 Å². The Hall–Kier alpha value is -1.63. The van der Waals surface area contributed by atoms with Gasteiger partial charge in [0.25, 0.3) is 5.91 Å². The van der Waals surface area contributed by atoms with Crippen molar-refractivity contribution in [3.05, 3.63) is 34.9 Å². The molecule has 1 atom stereocenters. The fraction of sp³-hybridized carbons (Fsp3) is 0.680. The van der Waals surface area contributed by atoms with Crippen molar-refractivity contribution in [3.8, 4) is 0 Å². The van der Waals surface area contributed by atoms with Gasteiger partial charge in [0.1, 0.15) is 6.04 Å². The molecule has 6 nitrogen and oxygen atoms in total. The number of amides is 2. The van der Waals surface area contributed by atoms with Crippen LogP contribution in [0.25, 0.3) is 0 Å². The van der Waals surface area contributed by atoms with Gasteiger partial charge in [0.15, 0.2) is 0 Å². The lowest BCUT2D eigenvalue weighted by atomic mass is 9.47. The molecule has 7 heteroatoms. The van der Waals surface area contributed by atoms with Crippen molar-refractivity contribution < 1.29 is 14.3 Å². The zero-order chi connectivity index (χ0) is 22.1. The second-order valence-corrected chi connectivity index (χ2v) is 10.9. The van der Waals surface area contributed by atoms with Crippen molar-refractivity contribution in [2.24, 2.45) is 23.2 Å². The lowest BCUT2D eigenvalue weighted by Gasteiger charge is -2.59. The summed E-state index contributed by atoms with van der Waals surface area (Å²) >= 11 is 6.00. The van der Waals surface area contributed by atoms with E-state index in [0.717, 1.165) is 52.1 Å². The van der Waals surface area contributed by atoms with Crippen molar-refractivity contribution in [3.63, 3.8) is 0 Å². The van der Waals surface area contributed by atoms with Gasteiger partial charge < -0.3 is 15.4 Å². The van der Waals surface area contributed by atoms with Crippen LogP contribution >= 0.6 is 11.6 Å². The van der Waals surface area contributed by atoms with Crippen LogP contribution in [0, 0.1) is 23.2 Å². The summed E-state index contributed by atoms with van der Waals surface area (Å²) in [5, 5.41) is 6.93. The number of halogens is 1. The van der Waals surface area contributed by atoms with E-state index < -0.39 is 6.04 Å². The summed E-state index contributed by atoms with van der Waals surface area (Å²) < 4.78 is 5.41. The van der Waals surface area contributed by atoms with Crippen LogP contribution in [0.2, 0.25) is 5.02 Å². The molecule has 2 amide bonds. The summed E-state index contributed by atoms with van der Waals surface area (Å²) in [5.74, 6) is 1.90. The molecule has 1 aromatic rings. The molecule has 0 unspecified atom stereocenters. The zero-order valence-corrected chi connectivity index (χ0v) is 19.4. The molecule has 1 aliphatic heterocycles. The fourth-order valence-corrected chi connectivity index (χ4v) is 7.23. The summed E-state index contributed by atoms with van der Waals surface area (Å²) in [6.07, 6.45) is 7.07. The van der Waals surface area contributed by atoms with Crippen LogP contribution in [0.15, 0.2) is 24.3 Å². The van der Waals surface area contributed by atoms with E-state index in [0.29, 0.717) is 34.9 Å². The zero-order valence-electron chi connectivity index (χ0n) is 18.7. The first-order valence-electron chi connectivity index (χ1n) is 12.1. The van der Waals surface area contributed by atoms with Crippen LogP contribution < -0.4 is 10.6 Å². The van der Waals surface area contributed by atoms with Gasteiger partial charge in [-0.1, -0.05) is 11.6 Å². The fourth-order valence-electron chi connectivity index (χ4n) is 7.11. The van der Waals surface area contributed by atoms with Gasteiger partial charge in [0, 0.05) is 42.2 Å². The maximum absolute atomic E-state index is 13.5. The van der Waals surface area contributed by atoms with Gasteiger partial charge in [-0.2, -0.15) is 0 Å². The van der Waals surface area contributed by atoms with Crippen LogP contribution in [-0.4, -0.2) is 62.1 Å². The molecular weight excluding hydrogens is 426 g/mol. The number of rotatable bonds is 7. The summed E-state index contributed by atoms with van der Waals surface area (Å²) in [5.41, 5.74) is 0.435. The highest BCUT2D eigenvalue weighted by Gasteiger charge is 2.56. The second-order valence-electron chi connectivity index (χ2n) is 10.4.